The van der Waals surface area contributed by atoms with Gasteiger partial charge in [-0.15, -0.1) is 11.3 Å². The maximum absolute atomic E-state index is 13.5. The summed E-state index contributed by atoms with van der Waals surface area (Å²) in [5, 5.41) is 2.92. The Bertz CT molecular complexity index is 876. The number of aryl methyl sites for hydroxylation is 1. The van der Waals surface area contributed by atoms with E-state index in [1.165, 1.54) is 11.3 Å². The van der Waals surface area contributed by atoms with Gasteiger partial charge >= 0.3 is 12.1 Å². The summed E-state index contributed by atoms with van der Waals surface area (Å²) >= 11 is 1.24. The zero-order valence-electron chi connectivity index (χ0n) is 17.5. The first-order chi connectivity index (χ1) is 14.8. The lowest BCUT2D eigenvalue weighted by Crippen LogP contribution is -2.50. The van der Waals surface area contributed by atoms with E-state index < -0.39 is 24.0 Å². The Morgan fingerprint density at radius 1 is 1.10 bits per heavy atom. The fraction of sp³-hybridized carbons (Fsp3) is 0.478. The van der Waals surface area contributed by atoms with Gasteiger partial charge in [0.15, 0.2) is 0 Å². The van der Waals surface area contributed by atoms with Gasteiger partial charge in [-0.25, -0.2) is 0 Å². The summed E-state index contributed by atoms with van der Waals surface area (Å²) in [7, 11) is 0. The van der Waals surface area contributed by atoms with Crippen LogP contribution < -0.4 is 5.32 Å². The van der Waals surface area contributed by atoms with Crippen molar-refractivity contribution >= 4 is 23.2 Å². The summed E-state index contributed by atoms with van der Waals surface area (Å²) in [5.74, 6) is -2.53. The van der Waals surface area contributed by atoms with Crippen molar-refractivity contribution in [3.63, 3.8) is 0 Å². The molecule has 1 aromatic carbocycles. The number of hydrogen-bond donors (Lipinski definition) is 1. The molecule has 0 bridgehead atoms. The molecule has 1 aliphatic rings. The van der Waals surface area contributed by atoms with E-state index in [-0.39, 0.29) is 19.0 Å². The first-order valence-corrected chi connectivity index (χ1v) is 11.4. The molecule has 2 aromatic rings. The lowest BCUT2D eigenvalue weighted by molar-refractivity contribution is -0.188. The van der Waals surface area contributed by atoms with Gasteiger partial charge in [-0.3, -0.25) is 9.59 Å². The summed E-state index contributed by atoms with van der Waals surface area (Å²) in [4.78, 5) is 27.7. The molecule has 0 aliphatic heterocycles. The van der Waals surface area contributed by atoms with Crippen molar-refractivity contribution in [3.8, 4) is 0 Å². The van der Waals surface area contributed by atoms with Gasteiger partial charge in [0, 0.05) is 22.3 Å². The van der Waals surface area contributed by atoms with Crippen molar-refractivity contribution < 1.29 is 22.8 Å². The number of alkyl halides is 3. The Balaban J connectivity index is 1.90. The van der Waals surface area contributed by atoms with Crippen molar-refractivity contribution in [2.45, 2.75) is 63.7 Å². The van der Waals surface area contributed by atoms with Crippen LogP contribution in [0.3, 0.4) is 0 Å². The molecule has 31 heavy (non-hydrogen) atoms. The van der Waals surface area contributed by atoms with Crippen molar-refractivity contribution in [2.75, 3.05) is 6.54 Å². The standard InChI is InChI=1S/C23H27F3N2O2S/c1-16-12-13-19(31-16)20(21(29)27-18-10-6-3-7-11-18)28(22(30)23(24,25)26)15-14-17-8-4-2-5-9-17/h2,4-5,8-9,12-13,18,20H,3,6-7,10-11,14-15H2,1H3,(H,27,29)/t20-/m0/s1. The molecule has 1 aliphatic carbocycles. The minimum atomic E-state index is -5.06. The van der Waals surface area contributed by atoms with Crippen LogP contribution in [-0.2, 0) is 16.0 Å². The first kappa shape index (κ1) is 23.3. The molecular weight excluding hydrogens is 425 g/mol. The molecular formula is C23H27F3N2O2S. The van der Waals surface area contributed by atoms with E-state index in [0.717, 1.165) is 42.5 Å². The van der Waals surface area contributed by atoms with Crippen LogP contribution in [0.2, 0.25) is 0 Å². The van der Waals surface area contributed by atoms with Gasteiger partial charge in [0.25, 0.3) is 0 Å². The fourth-order valence-corrected chi connectivity index (χ4v) is 4.95. The number of halogens is 3. The van der Waals surface area contributed by atoms with Gasteiger partial charge < -0.3 is 10.2 Å². The third kappa shape index (κ3) is 6.32. The smallest absolute Gasteiger partial charge is 0.351 e. The second-order valence-corrected chi connectivity index (χ2v) is 9.25. The summed E-state index contributed by atoms with van der Waals surface area (Å²) in [6.45, 7) is 1.62. The minimum Gasteiger partial charge on any atom is -0.351 e. The van der Waals surface area contributed by atoms with Gasteiger partial charge in [-0.05, 0) is 43.9 Å². The van der Waals surface area contributed by atoms with E-state index in [2.05, 4.69) is 5.32 Å². The predicted molar refractivity (Wildman–Crippen MR) is 115 cm³/mol. The second kappa shape index (κ2) is 10.3. The van der Waals surface area contributed by atoms with Crippen LogP contribution in [0.5, 0.6) is 0 Å². The van der Waals surface area contributed by atoms with E-state index >= 15 is 0 Å². The molecule has 1 fully saturated rings. The highest BCUT2D eigenvalue weighted by molar-refractivity contribution is 7.12. The predicted octanol–water partition coefficient (Wildman–Crippen LogP) is 5.18. The monoisotopic (exact) mass is 452 g/mol. The molecule has 2 amide bonds. The van der Waals surface area contributed by atoms with Crippen molar-refractivity contribution in [2.24, 2.45) is 0 Å². The molecule has 1 N–H and O–H groups in total. The largest absolute Gasteiger partial charge is 0.471 e. The molecule has 0 unspecified atom stereocenters. The quantitative estimate of drug-likeness (QED) is 0.629. The number of nitrogens with zero attached hydrogens (tertiary/aromatic N) is 1. The van der Waals surface area contributed by atoms with Gasteiger partial charge in [0.2, 0.25) is 5.91 Å². The summed E-state index contributed by atoms with van der Waals surface area (Å²) < 4.78 is 40.5. The number of carbonyl (C=O) groups excluding carboxylic acids is 2. The van der Waals surface area contributed by atoms with Gasteiger partial charge in [-0.2, -0.15) is 13.2 Å². The van der Waals surface area contributed by atoms with Crippen LogP contribution in [0.4, 0.5) is 13.2 Å². The van der Waals surface area contributed by atoms with E-state index in [1.807, 2.05) is 13.0 Å². The third-order valence-corrected chi connectivity index (χ3v) is 6.58. The topological polar surface area (TPSA) is 49.4 Å². The van der Waals surface area contributed by atoms with Crippen LogP contribution in [0.25, 0.3) is 0 Å². The maximum atomic E-state index is 13.5. The molecule has 1 heterocycles. The molecule has 1 atom stereocenters. The van der Waals surface area contributed by atoms with Gasteiger partial charge in [-0.1, -0.05) is 49.6 Å². The van der Waals surface area contributed by atoms with E-state index in [4.69, 9.17) is 0 Å². The van der Waals surface area contributed by atoms with E-state index in [9.17, 15) is 22.8 Å². The SMILES string of the molecule is Cc1ccc([C@@H](C(=O)NC2CCCCC2)N(CCc2ccccc2)C(=O)C(F)(F)F)s1. The lowest BCUT2D eigenvalue weighted by atomic mass is 9.95. The molecule has 168 valence electrons. The summed E-state index contributed by atoms with van der Waals surface area (Å²) in [6.07, 6.45) is -0.180. The van der Waals surface area contributed by atoms with Gasteiger partial charge in [0.05, 0.1) is 0 Å². The highest BCUT2D eigenvalue weighted by Gasteiger charge is 2.47. The van der Waals surface area contributed by atoms with E-state index in [0.29, 0.717) is 9.78 Å². The number of hydrogen-bond acceptors (Lipinski definition) is 3. The Morgan fingerprint density at radius 3 is 2.35 bits per heavy atom. The van der Waals surface area contributed by atoms with Crippen LogP contribution in [-0.4, -0.2) is 35.5 Å². The summed E-state index contributed by atoms with van der Waals surface area (Å²) in [5.41, 5.74) is 0.802. The number of carbonyl (C=O) groups is 2. The molecule has 0 saturated heterocycles. The van der Waals surface area contributed by atoms with Crippen LogP contribution in [0.15, 0.2) is 42.5 Å². The molecule has 4 nitrogen and oxygen atoms in total. The lowest BCUT2D eigenvalue weighted by Gasteiger charge is -2.33. The molecule has 3 rings (SSSR count). The van der Waals surface area contributed by atoms with Gasteiger partial charge in [0.1, 0.15) is 6.04 Å². The number of thiophene rings is 1. The summed E-state index contributed by atoms with van der Waals surface area (Å²) in [6, 6.07) is 11.0. The molecule has 0 radical (unpaired) electrons. The fourth-order valence-electron chi connectivity index (χ4n) is 3.96. The Hall–Kier alpha value is -2.35. The van der Waals surface area contributed by atoms with Crippen LogP contribution in [0, 0.1) is 6.92 Å². The van der Waals surface area contributed by atoms with Crippen molar-refractivity contribution in [3.05, 3.63) is 57.8 Å². The van der Waals surface area contributed by atoms with Crippen LogP contribution >= 0.6 is 11.3 Å². The molecule has 1 aromatic heterocycles. The second-order valence-electron chi connectivity index (χ2n) is 7.93. The Labute approximate surface area is 184 Å². The zero-order valence-corrected chi connectivity index (χ0v) is 18.3. The van der Waals surface area contributed by atoms with Crippen molar-refractivity contribution in [1.82, 2.24) is 10.2 Å². The van der Waals surface area contributed by atoms with Crippen molar-refractivity contribution in [1.29, 1.82) is 0 Å². The average Bonchev–Trinajstić information content (AvgIpc) is 3.16. The normalized spacial score (nSPS) is 16.0. The number of benzene rings is 1. The molecule has 1 saturated carbocycles. The minimum absolute atomic E-state index is 0.0678. The molecule has 8 heteroatoms. The first-order valence-electron chi connectivity index (χ1n) is 10.5. The number of amides is 2. The number of rotatable bonds is 7. The Morgan fingerprint density at radius 2 is 1.77 bits per heavy atom. The Kier molecular flexibility index (Phi) is 7.75. The maximum Gasteiger partial charge on any atom is 0.471 e. The van der Waals surface area contributed by atoms with E-state index in [1.54, 1.807) is 36.4 Å². The molecule has 0 spiro atoms. The zero-order chi connectivity index (χ0) is 22.4. The van der Waals surface area contributed by atoms with Crippen LogP contribution in [0.1, 0.15) is 53.5 Å². The number of nitrogens with one attached hydrogen (secondary N) is 1. The average molecular weight is 453 g/mol. The highest BCUT2D eigenvalue weighted by atomic mass is 32.1. The third-order valence-electron chi connectivity index (χ3n) is 5.53. The highest BCUT2D eigenvalue weighted by Crippen LogP contribution is 2.32.